The molecule has 0 aliphatic heterocycles. The van der Waals surface area contributed by atoms with Crippen molar-refractivity contribution in [2.24, 2.45) is 0 Å². The van der Waals surface area contributed by atoms with Crippen molar-refractivity contribution in [1.82, 2.24) is 4.57 Å². The van der Waals surface area contributed by atoms with E-state index in [2.05, 4.69) is 83.4 Å². The van der Waals surface area contributed by atoms with E-state index in [9.17, 15) is 0 Å². The maximum absolute atomic E-state index is 5.99. The lowest BCUT2D eigenvalue weighted by molar-refractivity contribution is 0.669. The highest BCUT2D eigenvalue weighted by molar-refractivity contribution is 6.10. The molecule has 2 aromatic heterocycles. The van der Waals surface area contributed by atoms with Gasteiger partial charge in [0.25, 0.3) is 0 Å². The number of hydrogen-bond acceptors (Lipinski definition) is 1. The molecule has 2 heteroatoms. The number of benzene rings is 4. The number of aromatic nitrogens is 1. The molecule has 0 unspecified atom stereocenters. The first-order chi connectivity index (χ1) is 12.9. The molecule has 0 spiro atoms. The summed E-state index contributed by atoms with van der Waals surface area (Å²) in [6, 6.07) is 31.8. The molecule has 0 atom stereocenters. The summed E-state index contributed by atoms with van der Waals surface area (Å²) in [6.45, 7) is 0. The van der Waals surface area contributed by atoms with Crippen LogP contribution in [-0.2, 0) is 0 Å². The van der Waals surface area contributed by atoms with Gasteiger partial charge < -0.3 is 8.98 Å². The number of fused-ring (bicyclic) bond motifs is 6. The first-order valence-electron chi connectivity index (χ1n) is 8.80. The molecule has 0 bridgehead atoms. The minimum atomic E-state index is 0.927. The van der Waals surface area contributed by atoms with E-state index in [1.807, 2.05) is 12.1 Å². The minimum Gasteiger partial charge on any atom is -0.456 e. The van der Waals surface area contributed by atoms with E-state index in [1.54, 1.807) is 0 Å². The average Bonchev–Trinajstić information content (AvgIpc) is 3.23. The van der Waals surface area contributed by atoms with Gasteiger partial charge in [-0.1, -0.05) is 54.6 Å². The van der Waals surface area contributed by atoms with Crippen LogP contribution in [0.3, 0.4) is 0 Å². The number of furan rings is 1. The van der Waals surface area contributed by atoms with Crippen LogP contribution in [0.25, 0.3) is 49.4 Å². The first kappa shape index (κ1) is 13.7. The third-order valence-corrected chi connectivity index (χ3v) is 5.20. The first-order valence-corrected chi connectivity index (χ1v) is 8.80. The van der Waals surface area contributed by atoms with Crippen molar-refractivity contribution in [3.05, 3.63) is 91.0 Å². The predicted octanol–water partition coefficient (Wildman–Crippen LogP) is 6.68. The molecule has 0 fully saturated rings. The van der Waals surface area contributed by atoms with Crippen LogP contribution in [0.15, 0.2) is 95.4 Å². The summed E-state index contributed by atoms with van der Waals surface area (Å²) in [5.41, 5.74) is 5.46. The predicted molar refractivity (Wildman–Crippen MR) is 108 cm³/mol. The largest absolute Gasteiger partial charge is 0.456 e. The van der Waals surface area contributed by atoms with Gasteiger partial charge in [-0.05, 0) is 36.4 Å². The molecule has 122 valence electrons. The zero-order valence-electron chi connectivity index (χ0n) is 14.0. The Labute approximate surface area is 149 Å². The third-order valence-electron chi connectivity index (χ3n) is 5.20. The number of rotatable bonds is 1. The number of nitrogens with zero attached hydrogens (tertiary/aromatic N) is 1. The van der Waals surface area contributed by atoms with Crippen LogP contribution in [0.2, 0.25) is 0 Å². The molecule has 0 aliphatic carbocycles. The average molecular weight is 333 g/mol. The highest BCUT2D eigenvalue weighted by atomic mass is 16.3. The highest BCUT2D eigenvalue weighted by Gasteiger charge is 2.13. The van der Waals surface area contributed by atoms with Crippen LogP contribution >= 0.6 is 0 Å². The molecular weight excluding hydrogens is 318 g/mol. The van der Waals surface area contributed by atoms with Crippen molar-refractivity contribution in [1.29, 1.82) is 0 Å². The van der Waals surface area contributed by atoms with E-state index in [-0.39, 0.29) is 0 Å². The molecule has 4 aromatic carbocycles. The van der Waals surface area contributed by atoms with Gasteiger partial charge in [-0.2, -0.15) is 0 Å². The monoisotopic (exact) mass is 333 g/mol. The fraction of sp³-hybridized carbons (Fsp3) is 0. The normalized spacial score (nSPS) is 11.8. The fourth-order valence-corrected chi connectivity index (χ4v) is 4.05. The second-order valence-corrected chi connectivity index (χ2v) is 6.65. The van der Waals surface area contributed by atoms with Crippen LogP contribution < -0.4 is 0 Å². The van der Waals surface area contributed by atoms with Crippen LogP contribution in [-0.4, -0.2) is 4.57 Å². The summed E-state index contributed by atoms with van der Waals surface area (Å²) in [6.07, 6.45) is 0. The maximum atomic E-state index is 5.99. The highest BCUT2D eigenvalue weighted by Crippen LogP contribution is 2.35. The van der Waals surface area contributed by atoms with E-state index in [1.165, 1.54) is 21.8 Å². The third kappa shape index (κ3) is 1.76. The Morgan fingerprint density at radius 2 is 1.08 bits per heavy atom. The Morgan fingerprint density at radius 1 is 0.500 bits per heavy atom. The topological polar surface area (TPSA) is 18.1 Å². The van der Waals surface area contributed by atoms with Crippen molar-refractivity contribution in [2.45, 2.75) is 0 Å². The SMILES string of the molecule is c1ccc2c(c1)oc1ccc(-n3c4ccccc4c4ccccc43)cc12. The second-order valence-electron chi connectivity index (χ2n) is 6.65. The lowest BCUT2D eigenvalue weighted by atomic mass is 10.1. The van der Waals surface area contributed by atoms with E-state index in [0.717, 1.165) is 27.6 Å². The van der Waals surface area contributed by atoms with Crippen molar-refractivity contribution < 1.29 is 4.42 Å². The molecule has 0 N–H and O–H groups in total. The Kier molecular flexibility index (Phi) is 2.64. The molecule has 0 amide bonds. The second kappa shape index (κ2) is 4.99. The van der Waals surface area contributed by atoms with Crippen LogP contribution in [0.5, 0.6) is 0 Å². The van der Waals surface area contributed by atoms with Crippen LogP contribution in [0, 0.1) is 0 Å². The smallest absolute Gasteiger partial charge is 0.135 e. The molecule has 2 heterocycles. The Balaban J connectivity index is 1.76. The van der Waals surface area contributed by atoms with Gasteiger partial charge in [0.1, 0.15) is 11.2 Å². The lowest BCUT2D eigenvalue weighted by Crippen LogP contribution is -1.93. The number of para-hydroxylation sites is 3. The summed E-state index contributed by atoms with van der Waals surface area (Å²) in [4.78, 5) is 0. The van der Waals surface area contributed by atoms with Gasteiger partial charge in [0.2, 0.25) is 0 Å². The Bertz CT molecular complexity index is 1380. The zero-order valence-corrected chi connectivity index (χ0v) is 14.0. The maximum Gasteiger partial charge on any atom is 0.135 e. The standard InChI is InChI=1S/C24H15NO/c1-4-10-21-17(7-1)18-8-2-5-11-22(18)25(21)16-13-14-24-20(15-16)19-9-3-6-12-23(19)26-24/h1-15H. The molecule has 6 aromatic rings. The van der Waals surface area contributed by atoms with Crippen molar-refractivity contribution in [2.75, 3.05) is 0 Å². The van der Waals surface area contributed by atoms with Crippen LogP contribution in [0.1, 0.15) is 0 Å². The molecule has 0 saturated carbocycles. The van der Waals surface area contributed by atoms with E-state index in [4.69, 9.17) is 4.42 Å². The quantitative estimate of drug-likeness (QED) is 0.328. The summed E-state index contributed by atoms with van der Waals surface area (Å²) in [7, 11) is 0. The molecule has 0 saturated heterocycles. The van der Waals surface area contributed by atoms with Gasteiger partial charge in [0, 0.05) is 27.2 Å². The molecule has 0 radical (unpaired) electrons. The van der Waals surface area contributed by atoms with Crippen molar-refractivity contribution in [3.63, 3.8) is 0 Å². The fourth-order valence-electron chi connectivity index (χ4n) is 4.05. The van der Waals surface area contributed by atoms with E-state index >= 15 is 0 Å². The van der Waals surface area contributed by atoms with Gasteiger partial charge >= 0.3 is 0 Å². The molecule has 0 aliphatic rings. The molecular formula is C24H15NO. The van der Waals surface area contributed by atoms with Crippen molar-refractivity contribution in [3.8, 4) is 5.69 Å². The summed E-state index contributed by atoms with van der Waals surface area (Å²) in [5, 5.41) is 4.87. The van der Waals surface area contributed by atoms with Crippen molar-refractivity contribution >= 4 is 43.7 Å². The van der Waals surface area contributed by atoms with Crippen LogP contribution in [0.4, 0.5) is 0 Å². The summed E-state index contributed by atoms with van der Waals surface area (Å²) < 4.78 is 8.33. The minimum absolute atomic E-state index is 0.927. The van der Waals surface area contributed by atoms with E-state index < -0.39 is 0 Å². The zero-order chi connectivity index (χ0) is 17.1. The number of hydrogen-bond donors (Lipinski definition) is 0. The summed E-state index contributed by atoms with van der Waals surface area (Å²) >= 11 is 0. The molecule has 6 rings (SSSR count). The van der Waals surface area contributed by atoms with Gasteiger partial charge in [-0.3, -0.25) is 0 Å². The van der Waals surface area contributed by atoms with Gasteiger partial charge in [0.05, 0.1) is 11.0 Å². The molecule has 2 nitrogen and oxygen atoms in total. The van der Waals surface area contributed by atoms with Gasteiger partial charge in [-0.15, -0.1) is 0 Å². The Hall–Kier alpha value is -3.52. The lowest BCUT2D eigenvalue weighted by Gasteiger charge is -2.07. The van der Waals surface area contributed by atoms with Gasteiger partial charge in [0.15, 0.2) is 0 Å². The summed E-state index contributed by atoms with van der Waals surface area (Å²) in [5.74, 6) is 0. The Morgan fingerprint density at radius 3 is 1.81 bits per heavy atom. The van der Waals surface area contributed by atoms with E-state index in [0.29, 0.717) is 0 Å². The molecule has 26 heavy (non-hydrogen) atoms. The van der Waals surface area contributed by atoms with Gasteiger partial charge in [-0.25, -0.2) is 0 Å².